The van der Waals surface area contributed by atoms with Gasteiger partial charge in [0, 0.05) is 29.1 Å². The molecule has 2 amide bonds. The molecule has 3 saturated carbocycles. The van der Waals surface area contributed by atoms with Crippen LogP contribution >= 0.6 is 23.2 Å². The first kappa shape index (κ1) is 20.9. The molecule has 5 nitrogen and oxygen atoms in total. The minimum Gasteiger partial charge on any atom is -0.484 e. The number of fused-ring (bicyclic) bond motifs is 1. The van der Waals surface area contributed by atoms with Gasteiger partial charge in [-0.2, -0.15) is 0 Å². The fourth-order valence-electron chi connectivity index (χ4n) is 4.41. The monoisotopic (exact) mass is 450 g/mol. The predicted molar refractivity (Wildman–Crippen MR) is 112 cm³/mol. The Morgan fingerprint density at radius 3 is 2.53 bits per heavy atom. The van der Waals surface area contributed by atoms with E-state index in [4.69, 9.17) is 27.9 Å². The number of amides is 2. The molecule has 0 spiro atoms. The molecule has 0 saturated heterocycles. The maximum absolute atomic E-state index is 13.4. The van der Waals surface area contributed by atoms with Crippen molar-refractivity contribution in [3.63, 3.8) is 0 Å². The Kier molecular flexibility index (Phi) is 5.89. The lowest BCUT2D eigenvalue weighted by atomic mass is 9.76. The van der Waals surface area contributed by atoms with Crippen molar-refractivity contribution in [1.29, 1.82) is 0 Å². The van der Waals surface area contributed by atoms with Gasteiger partial charge in [0.25, 0.3) is 5.91 Å². The number of hydrogen-bond donors (Lipinski definition) is 2. The van der Waals surface area contributed by atoms with E-state index in [1.165, 1.54) is 12.1 Å². The Hall–Kier alpha value is -2.31. The molecule has 3 fully saturated rings. The average molecular weight is 451 g/mol. The van der Waals surface area contributed by atoms with Gasteiger partial charge in [-0.1, -0.05) is 35.3 Å². The molecule has 8 heteroatoms. The molecule has 2 aromatic carbocycles. The third-order valence-corrected chi connectivity index (χ3v) is 6.43. The predicted octanol–water partition coefficient (Wildman–Crippen LogP) is 4.11. The first-order chi connectivity index (χ1) is 14.3. The maximum atomic E-state index is 13.4. The van der Waals surface area contributed by atoms with Crippen LogP contribution < -0.4 is 15.4 Å². The number of halogens is 3. The molecule has 2 N–H and O–H groups in total. The van der Waals surface area contributed by atoms with Crippen molar-refractivity contribution in [2.75, 3.05) is 6.61 Å². The fraction of sp³-hybridized carbons (Fsp3) is 0.364. The Labute approximate surface area is 183 Å². The van der Waals surface area contributed by atoms with E-state index >= 15 is 0 Å². The summed E-state index contributed by atoms with van der Waals surface area (Å²) in [5.74, 6) is -0.465. The Morgan fingerprint density at radius 1 is 1.10 bits per heavy atom. The molecule has 2 bridgehead atoms. The van der Waals surface area contributed by atoms with E-state index in [9.17, 15) is 14.0 Å². The van der Waals surface area contributed by atoms with E-state index in [2.05, 4.69) is 10.6 Å². The summed E-state index contributed by atoms with van der Waals surface area (Å²) in [7, 11) is 0. The van der Waals surface area contributed by atoms with Gasteiger partial charge < -0.3 is 15.4 Å². The first-order valence-electron chi connectivity index (χ1n) is 9.75. The molecule has 0 radical (unpaired) electrons. The van der Waals surface area contributed by atoms with Crippen molar-refractivity contribution < 1.29 is 18.7 Å². The van der Waals surface area contributed by atoms with E-state index < -0.39 is 5.82 Å². The maximum Gasteiger partial charge on any atom is 0.258 e. The smallest absolute Gasteiger partial charge is 0.258 e. The molecule has 0 unspecified atom stereocenters. The van der Waals surface area contributed by atoms with Crippen molar-refractivity contribution in [2.45, 2.75) is 31.3 Å². The van der Waals surface area contributed by atoms with Gasteiger partial charge in [-0.25, -0.2) is 4.39 Å². The molecule has 158 valence electrons. The van der Waals surface area contributed by atoms with Crippen molar-refractivity contribution in [2.24, 2.45) is 11.8 Å². The summed E-state index contributed by atoms with van der Waals surface area (Å²) in [5, 5.41) is 6.64. The number of carbonyl (C=O) groups excluding carboxylic acids is 2. The highest BCUT2D eigenvalue weighted by molar-refractivity contribution is 6.30. The molecule has 0 aromatic heterocycles. The van der Waals surface area contributed by atoms with Crippen LogP contribution in [0.5, 0.6) is 5.75 Å². The number of rotatable bonds is 7. The summed E-state index contributed by atoms with van der Waals surface area (Å²) in [4.78, 5) is 24.9. The zero-order chi connectivity index (χ0) is 21.3. The number of benzene rings is 2. The summed E-state index contributed by atoms with van der Waals surface area (Å²) >= 11 is 11.5. The third-order valence-electron chi connectivity index (χ3n) is 5.87. The van der Waals surface area contributed by atoms with E-state index in [1.807, 2.05) is 12.1 Å². The summed E-state index contributed by atoms with van der Waals surface area (Å²) in [5.41, 5.74) is 0.635. The summed E-state index contributed by atoms with van der Waals surface area (Å²) in [6, 6.07) is 11.4. The largest absolute Gasteiger partial charge is 0.484 e. The fourth-order valence-corrected chi connectivity index (χ4v) is 4.66. The number of carbonyl (C=O) groups is 2. The SMILES string of the molecule is O=C(COc1ccc(Cl)c(F)c1)NC12CC(C1)[C@@H](C(=O)NCc1ccc(Cl)cc1)C2. The molecule has 0 aliphatic heterocycles. The second kappa shape index (κ2) is 8.44. The molecule has 3 aliphatic carbocycles. The zero-order valence-corrected chi connectivity index (χ0v) is 17.6. The average Bonchev–Trinajstić information content (AvgIpc) is 3.24. The molecule has 1 atom stereocenters. The van der Waals surface area contributed by atoms with Gasteiger partial charge >= 0.3 is 0 Å². The van der Waals surface area contributed by atoms with Crippen LogP contribution in [-0.2, 0) is 16.1 Å². The molecular formula is C22H21Cl2FN2O3. The van der Waals surface area contributed by atoms with Crippen LogP contribution in [0.25, 0.3) is 0 Å². The van der Waals surface area contributed by atoms with Crippen LogP contribution in [0.4, 0.5) is 4.39 Å². The van der Waals surface area contributed by atoms with Crippen molar-refractivity contribution >= 4 is 35.0 Å². The highest BCUT2D eigenvalue weighted by Crippen LogP contribution is 2.55. The van der Waals surface area contributed by atoms with E-state index in [0.29, 0.717) is 18.0 Å². The second-order valence-corrected chi connectivity index (χ2v) is 8.86. The standard InChI is InChI=1S/C22H21Cl2FN2O3/c23-15-3-1-13(2-4-15)11-26-21(29)17-10-22(8-14(17)9-22)27-20(28)12-30-16-5-6-18(24)19(25)7-16/h1-7,14,17H,8-12H2,(H,26,29)(H,27,28)/t14?,17-,22?/m0/s1. The normalized spacial score (nSPS) is 24.1. The van der Waals surface area contributed by atoms with E-state index in [-0.39, 0.29) is 46.6 Å². The van der Waals surface area contributed by atoms with E-state index in [1.54, 1.807) is 12.1 Å². The van der Waals surface area contributed by atoms with E-state index in [0.717, 1.165) is 24.5 Å². The number of nitrogens with one attached hydrogen (secondary N) is 2. The highest BCUT2D eigenvalue weighted by Gasteiger charge is 2.58. The van der Waals surface area contributed by atoms with Gasteiger partial charge in [0.05, 0.1) is 5.02 Å². The quantitative estimate of drug-likeness (QED) is 0.666. The van der Waals surface area contributed by atoms with Gasteiger partial charge in [0.15, 0.2) is 6.61 Å². The lowest BCUT2D eigenvalue weighted by Gasteiger charge is -2.39. The molecule has 0 heterocycles. The van der Waals surface area contributed by atoms with Crippen LogP contribution in [-0.4, -0.2) is 24.0 Å². The lowest BCUT2D eigenvalue weighted by molar-refractivity contribution is -0.126. The Balaban J connectivity index is 1.24. The minimum atomic E-state index is -0.599. The third kappa shape index (κ3) is 4.55. The van der Waals surface area contributed by atoms with Crippen molar-refractivity contribution in [3.05, 3.63) is 63.9 Å². The summed E-state index contributed by atoms with van der Waals surface area (Å²) in [6.07, 6.45) is 2.19. The molecule has 5 rings (SSSR count). The topological polar surface area (TPSA) is 67.4 Å². The number of hydrogen-bond acceptors (Lipinski definition) is 3. The Bertz CT molecular complexity index is 961. The molecule has 2 aromatic rings. The van der Waals surface area contributed by atoms with Gasteiger partial charge in [-0.3, -0.25) is 9.59 Å². The van der Waals surface area contributed by atoms with Crippen LogP contribution in [0.1, 0.15) is 24.8 Å². The Morgan fingerprint density at radius 2 is 1.83 bits per heavy atom. The lowest BCUT2D eigenvalue weighted by Crippen LogP contribution is -2.53. The number of ether oxygens (including phenoxy) is 1. The summed E-state index contributed by atoms with van der Waals surface area (Å²) in [6.45, 7) is 0.227. The molecule has 3 aliphatic rings. The summed E-state index contributed by atoms with van der Waals surface area (Å²) < 4.78 is 18.8. The van der Waals surface area contributed by atoms with Crippen LogP contribution in [0.3, 0.4) is 0 Å². The van der Waals surface area contributed by atoms with Crippen molar-refractivity contribution in [3.8, 4) is 5.75 Å². The molecular weight excluding hydrogens is 430 g/mol. The van der Waals surface area contributed by atoms with Gasteiger partial charge in [0.1, 0.15) is 11.6 Å². The molecule has 30 heavy (non-hydrogen) atoms. The van der Waals surface area contributed by atoms with Crippen LogP contribution in [0.2, 0.25) is 10.0 Å². The van der Waals surface area contributed by atoms with Gasteiger partial charge in [-0.05, 0) is 55.0 Å². The van der Waals surface area contributed by atoms with Gasteiger partial charge in [-0.15, -0.1) is 0 Å². The zero-order valence-electron chi connectivity index (χ0n) is 16.1. The first-order valence-corrected chi connectivity index (χ1v) is 10.5. The van der Waals surface area contributed by atoms with Crippen LogP contribution in [0, 0.1) is 17.7 Å². The second-order valence-electron chi connectivity index (χ2n) is 8.02. The van der Waals surface area contributed by atoms with Crippen LogP contribution in [0.15, 0.2) is 42.5 Å². The minimum absolute atomic E-state index is 0.00228. The van der Waals surface area contributed by atoms with Gasteiger partial charge in [0.2, 0.25) is 5.91 Å². The highest BCUT2D eigenvalue weighted by atomic mass is 35.5. The van der Waals surface area contributed by atoms with Crippen molar-refractivity contribution in [1.82, 2.24) is 10.6 Å².